The highest BCUT2D eigenvalue weighted by atomic mass is 16.4. The lowest BCUT2D eigenvalue weighted by Gasteiger charge is -2.33. The minimum atomic E-state index is -1.00. The van der Waals surface area contributed by atoms with E-state index in [0.717, 1.165) is 16.8 Å². The van der Waals surface area contributed by atoms with Crippen molar-refractivity contribution in [3.63, 3.8) is 0 Å². The lowest BCUT2D eigenvalue weighted by atomic mass is 10.0. The Morgan fingerprint density at radius 2 is 1.84 bits per heavy atom. The van der Waals surface area contributed by atoms with Gasteiger partial charge in [0.15, 0.2) is 0 Å². The fourth-order valence-corrected chi connectivity index (χ4v) is 3.99. The van der Waals surface area contributed by atoms with Crippen LogP contribution in [0.2, 0.25) is 0 Å². The largest absolute Gasteiger partial charge is 0.465 e. The van der Waals surface area contributed by atoms with Crippen molar-refractivity contribution in [1.82, 2.24) is 9.97 Å². The molecule has 4 rings (SSSR count). The molecule has 1 atom stereocenters. The standard InChI is InChI=1S/C24H26N4O3/c1-24(2,3)28(23(30)31)19-6-4-5-16(10-19)21-13-22(26-14-25-21)27-18-8-7-15-11-20(29)12-17(15)9-18/h4-10,13-14,20,29H,11-12H2,1-3H3,(H,30,31)(H,25,26,27). The Morgan fingerprint density at radius 3 is 2.58 bits per heavy atom. The van der Waals surface area contributed by atoms with Gasteiger partial charge in [0.1, 0.15) is 12.1 Å². The summed E-state index contributed by atoms with van der Waals surface area (Å²) in [5.41, 5.74) is 4.73. The molecule has 0 saturated heterocycles. The fourth-order valence-electron chi connectivity index (χ4n) is 3.99. The molecule has 1 unspecified atom stereocenters. The Morgan fingerprint density at radius 1 is 1.06 bits per heavy atom. The average Bonchev–Trinajstić information content (AvgIpc) is 3.06. The van der Waals surface area contributed by atoms with Crippen LogP contribution in [0.3, 0.4) is 0 Å². The van der Waals surface area contributed by atoms with Crippen LogP contribution in [0.25, 0.3) is 11.3 Å². The molecule has 0 aliphatic heterocycles. The lowest BCUT2D eigenvalue weighted by Crippen LogP contribution is -2.45. The molecule has 2 aromatic carbocycles. The van der Waals surface area contributed by atoms with Gasteiger partial charge in [-0.25, -0.2) is 14.8 Å². The van der Waals surface area contributed by atoms with Gasteiger partial charge < -0.3 is 15.5 Å². The number of hydrogen-bond acceptors (Lipinski definition) is 5. The van der Waals surface area contributed by atoms with Crippen LogP contribution in [0.15, 0.2) is 54.9 Å². The molecule has 3 aromatic rings. The summed E-state index contributed by atoms with van der Waals surface area (Å²) in [4.78, 5) is 21.9. The van der Waals surface area contributed by atoms with Gasteiger partial charge in [-0.1, -0.05) is 18.2 Å². The van der Waals surface area contributed by atoms with Crippen molar-refractivity contribution in [2.24, 2.45) is 0 Å². The number of anilines is 3. The molecular formula is C24H26N4O3. The third-order valence-corrected chi connectivity index (χ3v) is 5.32. The van der Waals surface area contributed by atoms with E-state index in [1.54, 1.807) is 6.07 Å². The van der Waals surface area contributed by atoms with Crippen molar-refractivity contribution >= 4 is 23.3 Å². The highest BCUT2D eigenvalue weighted by molar-refractivity contribution is 5.88. The number of carbonyl (C=O) groups is 1. The SMILES string of the molecule is CC(C)(C)N(C(=O)O)c1cccc(-c2cc(Nc3ccc4c(c3)CC(O)C4)ncn2)c1. The maximum absolute atomic E-state index is 11.8. The molecule has 0 saturated carbocycles. The van der Waals surface area contributed by atoms with Gasteiger partial charge in [-0.3, -0.25) is 4.90 Å². The van der Waals surface area contributed by atoms with Crippen LogP contribution in [0.4, 0.5) is 22.0 Å². The van der Waals surface area contributed by atoms with Crippen molar-refractivity contribution in [1.29, 1.82) is 0 Å². The number of aromatic nitrogens is 2. The number of carboxylic acid groups (broad SMARTS) is 1. The summed E-state index contributed by atoms with van der Waals surface area (Å²) in [7, 11) is 0. The second kappa shape index (κ2) is 8.00. The highest BCUT2D eigenvalue weighted by Gasteiger charge is 2.28. The van der Waals surface area contributed by atoms with Gasteiger partial charge in [-0.05, 0) is 69.0 Å². The van der Waals surface area contributed by atoms with Gasteiger partial charge in [0, 0.05) is 28.5 Å². The maximum atomic E-state index is 11.8. The van der Waals surface area contributed by atoms with Crippen LogP contribution in [0.1, 0.15) is 31.9 Å². The van der Waals surface area contributed by atoms with E-state index in [4.69, 9.17) is 0 Å². The van der Waals surface area contributed by atoms with Gasteiger partial charge in [0.2, 0.25) is 0 Å². The number of aliphatic hydroxyl groups excluding tert-OH is 1. The third kappa shape index (κ3) is 4.51. The van der Waals surface area contributed by atoms with E-state index in [1.165, 1.54) is 16.8 Å². The Bertz CT molecular complexity index is 1120. The third-order valence-electron chi connectivity index (χ3n) is 5.32. The van der Waals surface area contributed by atoms with Crippen molar-refractivity contribution < 1.29 is 15.0 Å². The molecule has 1 aliphatic rings. The van der Waals surface area contributed by atoms with E-state index < -0.39 is 11.6 Å². The highest BCUT2D eigenvalue weighted by Crippen LogP contribution is 2.30. The summed E-state index contributed by atoms with van der Waals surface area (Å²) >= 11 is 0. The fraction of sp³-hybridized carbons (Fsp3) is 0.292. The number of fused-ring (bicyclic) bond motifs is 1. The number of nitrogens with zero attached hydrogens (tertiary/aromatic N) is 3. The zero-order valence-corrected chi connectivity index (χ0v) is 17.8. The normalized spacial score (nSPS) is 15.4. The first-order chi connectivity index (χ1) is 14.7. The van der Waals surface area contributed by atoms with Crippen LogP contribution < -0.4 is 10.2 Å². The molecule has 0 fully saturated rings. The minimum Gasteiger partial charge on any atom is -0.465 e. The molecule has 3 N–H and O–H groups in total. The summed E-state index contributed by atoms with van der Waals surface area (Å²) < 4.78 is 0. The summed E-state index contributed by atoms with van der Waals surface area (Å²) in [5, 5.41) is 22.8. The van der Waals surface area contributed by atoms with Gasteiger partial charge in [0.25, 0.3) is 0 Å². The lowest BCUT2D eigenvalue weighted by molar-refractivity contribution is 0.187. The number of nitrogens with one attached hydrogen (secondary N) is 1. The van der Waals surface area contributed by atoms with Crippen LogP contribution in [0, 0.1) is 0 Å². The predicted molar refractivity (Wildman–Crippen MR) is 121 cm³/mol. The van der Waals surface area contributed by atoms with Gasteiger partial charge >= 0.3 is 6.09 Å². The molecule has 31 heavy (non-hydrogen) atoms. The molecule has 1 aromatic heterocycles. The van der Waals surface area contributed by atoms with Crippen molar-refractivity contribution in [2.75, 3.05) is 10.2 Å². The minimum absolute atomic E-state index is 0.304. The number of hydrogen-bond donors (Lipinski definition) is 3. The number of rotatable bonds is 4. The second-order valence-electron chi connectivity index (χ2n) is 8.80. The summed E-state index contributed by atoms with van der Waals surface area (Å²) in [5.74, 6) is 0.639. The van der Waals surface area contributed by atoms with E-state index in [-0.39, 0.29) is 6.10 Å². The summed E-state index contributed by atoms with van der Waals surface area (Å²) in [6.07, 6.45) is 1.55. The Hall–Kier alpha value is -3.45. The maximum Gasteiger partial charge on any atom is 0.412 e. The van der Waals surface area contributed by atoms with Crippen LogP contribution in [-0.2, 0) is 12.8 Å². The van der Waals surface area contributed by atoms with Crippen molar-refractivity contribution in [2.45, 2.75) is 45.3 Å². The molecule has 1 amide bonds. The first kappa shape index (κ1) is 20.8. The smallest absolute Gasteiger partial charge is 0.412 e. The molecule has 1 heterocycles. The van der Waals surface area contributed by atoms with Crippen molar-refractivity contribution in [3.8, 4) is 11.3 Å². The molecule has 160 valence electrons. The van der Waals surface area contributed by atoms with E-state index in [1.807, 2.05) is 63.2 Å². The van der Waals surface area contributed by atoms with Crippen LogP contribution >= 0.6 is 0 Å². The predicted octanol–water partition coefficient (Wildman–Crippen LogP) is 4.63. The van der Waals surface area contributed by atoms with Crippen LogP contribution in [0.5, 0.6) is 0 Å². The molecule has 0 bridgehead atoms. The molecule has 0 radical (unpaired) electrons. The van der Waals surface area contributed by atoms with Gasteiger partial charge in [-0.15, -0.1) is 0 Å². The average molecular weight is 418 g/mol. The quantitative estimate of drug-likeness (QED) is 0.571. The summed E-state index contributed by atoms with van der Waals surface area (Å²) in [6.45, 7) is 5.57. The monoisotopic (exact) mass is 418 g/mol. The molecule has 7 heteroatoms. The molecule has 7 nitrogen and oxygen atoms in total. The Balaban J connectivity index is 1.61. The van der Waals surface area contributed by atoms with E-state index in [0.29, 0.717) is 30.0 Å². The van der Waals surface area contributed by atoms with E-state index in [9.17, 15) is 15.0 Å². The molecule has 1 aliphatic carbocycles. The second-order valence-corrected chi connectivity index (χ2v) is 8.80. The Kier molecular flexibility index (Phi) is 5.37. The zero-order chi connectivity index (χ0) is 22.2. The van der Waals surface area contributed by atoms with Crippen molar-refractivity contribution in [3.05, 3.63) is 66.0 Å². The number of amides is 1. The molecular weight excluding hydrogens is 392 g/mol. The Labute approximate surface area is 181 Å². The van der Waals surface area contributed by atoms with E-state index >= 15 is 0 Å². The first-order valence-electron chi connectivity index (χ1n) is 10.2. The van der Waals surface area contributed by atoms with Gasteiger partial charge in [0.05, 0.1) is 11.8 Å². The van der Waals surface area contributed by atoms with Gasteiger partial charge in [-0.2, -0.15) is 0 Å². The van der Waals surface area contributed by atoms with E-state index in [2.05, 4.69) is 15.3 Å². The first-order valence-corrected chi connectivity index (χ1v) is 10.2. The molecule has 0 spiro atoms. The number of benzene rings is 2. The number of aliphatic hydroxyl groups is 1. The topological polar surface area (TPSA) is 98.6 Å². The van der Waals surface area contributed by atoms with Crippen LogP contribution in [-0.4, -0.2) is 37.9 Å². The summed E-state index contributed by atoms with van der Waals surface area (Å²) in [6, 6.07) is 15.2. The zero-order valence-electron chi connectivity index (χ0n) is 17.8.